The van der Waals surface area contributed by atoms with Crippen molar-refractivity contribution in [3.63, 3.8) is 0 Å². The third kappa shape index (κ3) is 0.852. The lowest BCUT2D eigenvalue weighted by Crippen LogP contribution is -1.82. The molecule has 0 radical (unpaired) electrons. The maximum atomic E-state index is 5.55. The van der Waals surface area contributed by atoms with Gasteiger partial charge >= 0.3 is 0 Å². The summed E-state index contributed by atoms with van der Waals surface area (Å²) >= 11 is 0. The maximum Gasteiger partial charge on any atom is 0.141 e. The van der Waals surface area contributed by atoms with Crippen LogP contribution in [-0.2, 0) is 0 Å². The molecule has 2 aromatic rings. The first-order chi connectivity index (χ1) is 5.27. The number of aryl methyl sites for hydroxylation is 1. The quantitative estimate of drug-likeness (QED) is 0.578. The third-order valence-electron chi connectivity index (χ3n) is 1.68. The number of nitrogen functional groups attached to an aromatic ring is 1. The van der Waals surface area contributed by atoms with Gasteiger partial charge in [0.1, 0.15) is 11.3 Å². The number of anilines is 1. The summed E-state index contributed by atoms with van der Waals surface area (Å²) in [6.45, 7) is 1.88. The van der Waals surface area contributed by atoms with Crippen LogP contribution in [0.2, 0.25) is 0 Å². The highest BCUT2D eigenvalue weighted by Crippen LogP contribution is 2.19. The fourth-order valence-corrected chi connectivity index (χ4v) is 1.09. The molecular formula is C8H8N2O. The summed E-state index contributed by atoms with van der Waals surface area (Å²) in [5, 5.41) is 4.85. The van der Waals surface area contributed by atoms with Crippen molar-refractivity contribution in [2.75, 3.05) is 5.73 Å². The zero-order valence-corrected chi connectivity index (χ0v) is 6.16. The van der Waals surface area contributed by atoms with Gasteiger partial charge in [0, 0.05) is 11.1 Å². The van der Waals surface area contributed by atoms with E-state index in [1.807, 2.05) is 19.1 Å². The minimum absolute atomic E-state index is 0.714. The molecule has 0 saturated heterocycles. The van der Waals surface area contributed by atoms with Crippen LogP contribution in [0.5, 0.6) is 0 Å². The van der Waals surface area contributed by atoms with Crippen LogP contribution in [0.3, 0.4) is 0 Å². The van der Waals surface area contributed by atoms with Gasteiger partial charge in [-0.2, -0.15) is 0 Å². The van der Waals surface area contributed by atoms with E-state index < -0.39 is 0 Å². The number of hydrogen-bond acceptors (Lipinski definition) is 3. The van der Waals surface area contributed by atoms with Crippen molar-refractivity contribution in [2.24, 2.45) is 0 Å². The topological polar surface area (TPSA) is 52.0 Å². The van der Waals surface area contributed by atoms with E-state index in [1.54, 1.807) is 6.07 Å². The summed E-state index contributed by atoms with van der Waals surface area (Å²) in [4.78, 5) is 0. The number of aromatic nitrogens is 1. The van der Waals surface area contributed by atoms with Gasteiger partial charge in [0.2, 0.25) is 0 Å². The van der Waals surface area contributed by atoms with E-state index in [-0.39, 0.29) is 0 Å². The normalized spacial score (nSPS) is 10.6. The molecule has 2 N–H and O–H groups in total. The molecule has 56 valence electrons. The number of nitrogens with two attached hydrogens (primary N) is 1. The van der Waals surface area contributed by atoms with Crippen LogP contribution in [0.15, 0.2) is 22.7 Å². The van der Waals surface area contributed by atoms with Crippen molar-refractivity contribution in [1.82, 2.24) is 5.16 Å². The third-order valence-corrected chi connectivity index (χ3v) is 1.68. The average Bonchev–Trinajstić information content (AvgIpc) is 2.32. The van der Waals surface area contributed by atoms with Gasteiger partial charge in [0.15, 0.2) is 0 Å². The van der Waals surface area contributed by atoms with Crippen LogP contribution < -0.4 is 5.73 Å². The zero-order chi connectivity index (χ0) is 7.84. The van der Waals surface area contributed by atoms with Crippen molar-refractivity contribution in [2.45, 2.75) is 6.92 Å². The molecular weight excluding hydrogens is 140 g/mol. The highest BCUT2D eigenvalue weighted by atomic mass is 16.5. The average molecular weight is 148 g/mol. The minimum atomic E-state index is 0.714. The predicted octanol–water partition coefficient (Wildman–Crippen LogP) is 1.72. The number of benzene rings is 1. The van der Waals surface area contributed by atoms with Crippen LogP contribution in [0.4, 0.5) is 5.69 Å². The Labute approximate surface area is 63.8 Å². The standard InChI is InChI=1S/C8H8N2O/c1-5-7-3-2-6(9)4-8(7)10-11-5/h2-4H,9H2,1H3. The Hall–Kier alpha value is -1.51. The number of rotatable bonds is 0. The molecule has 0 atom stereocenters. The first-order valence-electron chi connectivity index (χ1n) is 3.39. The van der Waals surface area contributed by atoms with Crippen LogP contribution in [-0.4, -0.2) is 5.16 Å². The summed E-state index contributed by atoms with van der Waals surface area (Å²) in [6, 6.07) is 5.55. The second-order valence-corrected chi connectivity index (χ2v) is 2.52. The molecule has 0 unspecified atom stereocenters. The van der Waals surface area contributed by atoms with E-state index in [0.29, 0.717) is 5.69 Å². The molecule has 3 heteroatoms. The largest absolute Gasteiger partial charge is 0.399 e. The Balaban J connectivity index is 2.86. The number of fused-ring (bicyclic) bond motifs is 1. The van der Waals surface area contributed by atoms with E-state index in [0.717, 1.165) is 16.7 Å². The molecule has 0 fully saturated rings. The highest BCUT2D eigenvalue weighted by Gasteiger charge is 2.01. The molecule has 0 aliphatic carbocycles. The SMILES string of the molecule is Cc1onc2cc(N)ccc12. The highest BCUT2D eigenvalue weighted by molar-refractivity contribution is 5.83. The minimum Gasteiger partial charge on any atom is -0.399 e. The molecule has 0 saturated carbocycles. The smallest absolute Gasteiger partial charge is 0.141 e. The lowest BCUT2D eigenvalue weighted by molar-refractivity contribution is 0.405. The van der Waals surface area contributed by atoms with Crippen molar-refractivity contribution in [3.05, 3.63) is 24.0 Å². The second kappa shape index (κ2) is 1.99. The molecule has 0 spiro atoms. The van der Waals surface area contributed by atoms with Crippen molar-refractivity contribution < 1.29 is 4.52 Å². The Morgan fingerprint density at radius 3 is 3.09 bits per heavy atom. The monoisotopic (exact) mass is 148 g/mol. The second-order valence-electron chi connectivity index (χ2n) is 2.52. The summed E-state index contributed by atoms with van der Waals surface area (Å²) in [5.41, 5.74) is 7.09. The molecule has 3 nitrogen and oxygen atoms in total. The molecule has 2 rings (SSSR count). The van der Waals surface area contributed by atoms with Gasteiger partial charge in [-0.3, -0.25) is 0 Å². The first-order valence-corrected chi connectivity index (χ1v) is 3.39. The Morgan fingerprint density at radius 1 is 1.45 bits per heavy atom. The Kier molecular flexibility index (Phi) is 1.12. The van der Waals surface area contributed by atoms with Gasteiger partial charge in [-0.1, -0.05) is 5.16 Å². The van der Waals surface area contributed by atoms with Gasteiger partial charge in [-0.15, -0.1) is 0 Å². The first kappa shape index (κ1) is 6.22. The number of hydrogen-bond donors (Lipinski definition) is 1. The summed E-state index contributed by atoms with van der Waals surface area (Å²) < 4.78 is 4.96. The molecule has 0 aliphatic rings. The summed E-state index contributed by atoms with van der Waals surface area (Å²) in [6.07, 6.45) is 0. The van der Waals surface area contributed by atoms with Crippen molar-refractivity contribution >= 4 is 16.6 Å². The molecule has 11 heavy (non-hydrogen) atoms. The van der Waals surface area contributed by atoms with Gasteiger partial charge in [0.25, 0.3) is 0 Å². The fraction of sp³-hybridized carbons (Fsp3) is 0.125. The van der Waals surface area contributed by atoms with Gasteiger partial charge < -0.3 is 10.3 Å². The van der Waals surface area contributed by atoms with Gasteiger partial charge in [-0.05, 0) is 25.1 Å². The molecule has 1 heterocycles. The van der Waals surface area contributed by atoms with Crippen LogP contribution in [0.25, 0.3) is 10.9 Å². The van der Waals surface area contributed by atoms with Crippen LogP contribution in [0.1, 0.15) is 5.76 Å². The Morgan fingerprint density at radius 2 is 2.27 bits per heavy atom. The number of nitrogens with zero attached hydrogens (tertiary/aromatic N) is 1. The van der Waals surface area contributed by atoms with E-state index in [4.69, 9.17) is 10.3 Å². The molecule has 0 amide bonds. The maximum absolute atomic E-state index is 5.55. The lowest BCUT2D eigenvalue weighted by Gasteiger charge is -1.89. The molecule has 1 aromatic heterocycles. The summed E-state index contributed by atoms with van der Waals surface area (Å²) in [5.74, 6) is 0.833. The van der Waals surface area contributed by atoms with Crippen LogP contribution in [0, 0.1) is 6.92 Å². The Bertz CT molecular complexity index is 392. The van der Waals surface area contributed by atoms with Crippen LogP contribution >= 0.6 is 0 Å². The van der Waals surface area contributed by atoms with Gasteiger partial charge in [0.05, 0.1) is 0 Å². The summed E-state index contributed by atoms with van der Waals surface area (Å²) in [7, 11) is 0. The van der Waals surface area contributed by atoms with Crippen molar-refractivity contribution in [1.29, 1.82) is 0 Å². The van der Waals surface area contributed by atoms with E-state index in [1.165, 1.54) is 0 Å². The zero-order valence-electron chi connectivity index (χ0n) is 6.16. The van der Waals surface area contributed by atoms with E-state index in [2.05, 4.69) is 5.16 Å². The molecule has 0 bridgehead atoms. The van der Waals surface area contributed by atoms with E-state index in [9.17, 15) is 0 Å². The fourth-order valence-electron chi connectivity index (χ4n) is 1.09. The van der Waals surface area contributed by atoms with Gasteiger partial charge in [-0.25, -0.2) is 0 Å². The lowest BCUT2D eigenvalue weighted by atomic mass is 10.2. The molecule has 0 aliphatic heterocycles. The predicted molar refractivity (Wildman–Crippen MR) is 43.2 cm³/mol. The van der Waals surface area contributed by atoms with E-state index >= 15 is 0 Å². The molecule has 1 aromatic carbocycles. The van der Waals surface area contributed by atoms with Crippen molar-refractivity contribution in [3.8, 4) is 0 Å².